The average Bonchev–Trinajstić information content (AvgIpc) is 2.32. The van der Waals surface area contributed by atoms with Crippen LogP contribution in [-0.2, 0) is 0 Å². The van der Waals surface area contributed by atoms with E-state index in [0.717, 1.165) is 17.8 Å². The van der Waals surface area contributed by atoms with Crippen molar-refractivity contribution in [3.63, 3.8) is 0 Å². The minimum Gasteiger partial charge on any atom is -0.260 e. The number of aliphatic imine (C=N–C) groups is 2. The number of hydrogen-bond donors (Lipinski definition) is 0. The number of rotatable bonds is 0. The summed E-state index contributed by atoms with van der Waals surface area (Å²) in [6.07, 6.45) is 0. The molecule has 1 aromatic carbocycles. The van der Waals surface area contributed by atoms with Crippen molar-refractivity contribution in [3.05, 3.63) is 29.3 Å². The van der Waals surface area contributed by atoms with Gasteiger partial charge >= 0.3 is 0 Å². The third-order valence-electron chi connectivity index (χ3n) is 2.60. The Bertz CT molecular complexity index is 636. The van der Waals surface area contributed by atoms with Crippen LogP contribution in [0.25, 0.3) is 0 Å². The Morgan fingerprint density at radius 3 is 2.78 bits per heavy atom. The molecule has 2 heterocycles. The van der Waals surface area contributed by atoms with Gasteiger partial charge in [-0.25, -0.2) is 13.8 Å². The Morgan fingerprint density at radius 2 is 2.00 bits per heavy atom. The molecule has 0 aliphatic carbocycles. The summed E-state index contributed by atoms with van der Waals surface area (Å²) in [5.74, 6) is -1.53. The summed E-state index contributed by atoms with van der Waals surface area (Å²) in [5.41, 5.74) is 1.40. The molecule has 0 saturated carbocycles. The van der Waals surface area contributed by atoms with Crippen LogP contribution in [0.3, 0.4) is 0 Å². The maximum Gasteiger partial charge on any atom is 0.226 e. The van der Waals surface area contributed by atoms with E-state index in [0.29, 0.717) is 17.9 Å². The molecule has 0 aromatic heterocycles. The second kappa shape index (κ2) is 3.84. The summed E-state index contributed by atoms with van der Waals surface area (Å²) in [4.78, 5) is 8.23. The van der Waals surface area contributed by atoms with E-state index in [1.165, 1.54) is 5.01 Å². The van der Waals surface area contributed by atoms with Crippen LogP contribution < -0.4 is 0 Å². The number of amidine groups is 2. The van der Waals surface area contributed by atoms with Gasteiger partial charge < -0.3 is 0 Å². The van der Waals surface area contributed by atoms with E-state index in [9.17, 15) is 8.78 Å². The van der Waals surface area contributed by atoms with Crippen LogP contribution in [0.2, 0.25) is 0 Å². The highest BCUT2D eigenvalue weighted by molar-refractivity contribution is 6.66. The van der Waals surface area contributed by atoms with Crippen LogP contribution in [0, 0.1) is 11.6 Å². The molecule has 0 fully saturated rings. The van der Waals surface area contributed by atoms with Crippen molar-refractivity contribution in [1.29, 1.82) is 0 Å². The highest BCUT2D eigenvalue weighted by atomic mass is 35.5. The molecule has 18 heavy (non-hydrogen) atoms. The first-order valence-corrected chi connectivity index (χ1v) is 5.56. The predicted octanol–water partition coefficient (Wildman–Crippen LogP) is 2.64. The lowest BCUT2D eigenvalue weighted by Crippen LogP contribution is -2.37. The second-order valence-corrected chi connectivity index (χ2v) is 4.29. The predicted molar refractivity (Wildman–Crippen MR) is 65.7 cm³/mol. The van der Waals surface area contributed by atoms with Crippen molar-refractivity contribution in [3.8, 4) is 0 Å². The van der Waals surface area contributed by atoms with Crippen molar-refractivity contribution in [2.24, 2.45) is 15.1 Å². The fraction of sp³-hybridized carbons (Fsp3) is 0.182. The van der Waals surface area contributed by atoms with Gasteiger partial charge in [0.15, 0.2) is 17.5 Å². The number of fused-ring (bicyclic) bond motifs is 3. The molecule has 0 saturated heterocycles. The molecule has 0 unspecified atom stereocenters. The molecule has 0 atom stereocenters. The monoisotopic (exact) mass is 268 g/mol. The van der Waals surface area contributed by atoms with Crippen LogP contribution in [0.1, 0.15) is 12.5 Å². The Labute approximate surface area is 106 Å². The Morgan fingerprint density at radius 1 is 1.28 bits per heavy atom. The van der Waals surface area contributed by atoms with Crippen LogP contribution in [-0.4, -0.2) is 28.4 Å². The molecule has 0 spiro atoms. The van der Waals surface area contributed by atoms with Gasteiger partial charge in [-0.1, -0.05) is 0 Å². The van der Waals surface area contributed by atoms with Crippen LogP contribution in [0.4, 0.5) is 14.5 Å². The molecule has 2 aliphatic rings. The van der Waals surface area contributed by atoms with E-state index in [1.807, 2.05) is 0 Å². The first-order valence-electron chi connectivity index (χ1n) is 5.18. The molecule has 1 aromatic rings. The smallest absolute Gasteiger partial charge is 0.226 e. The van der Waals surface area contributed by atoms with Gasteiger partial charge in [-0.05, 0) is 24.6 Å². The van der Waals surface area contributed by atoms with Crippen LogP contribution in [0.5, 0.6) is 0 Å². The maximum absolute atomic E-state index is 13.3. The quantitative estimate of drug-likeness (QED) is 0.667. The SMILES string of the molecule is CC1=NN2C(Cl)=Nc3cc(F)c(F)cc3C2=NC1. The van der Waals surface area contributed by atoms with Crippen LogP contribution >= 0.6 is 11.6 Å². The zero-order chi connectivity index (χ0) is 12.9. The van der Waals surface area contributed by atoms with Crippen molar-refractivity contribution >= 4 is 34.1 Å². The molecule has 0 amide bonds. The normalized spacial score (nSPS) is 17.6. The standard InChI is InChI=1S/C11H7ClF2N4/c1-5-4-15-10-6-2-7(13)8(14)3-9(6)16-11(12)18(10)17-5/h2-3H,4H2,1H3. The van der Waals surface area contributed by atoms with Crippen molar-refractivity contribution in [1.82, 2.24) is 5.01 Å². The van der Waals surface area contributed by atoms with E-state index < -0.39 is 11.6 Å². The number of nitrogens with zero attached hydrogens (tertiary/aromatic N) is 4. The molecule has 0 N–H and O–H groups in total. The lowest BCUT2D eigenvalue weighted by atomic mass is 10.1. The van der Waals surface area contributed by atoms with Gasteiger partial charge in [0.25, 0.3) is 0 Å². The summed E-state index contributed by atoms with van der Waals surface area (Å²) in [6.45, 7) is 2.19. The Balaban J connectivity index is 2.22. The zero-order valence-electron chi connectivity index (χ0n) is 9.28. The number of hydrazone groups is 1. The van der Waals surface area contributed by atoms with E-state index in [-0.39, 0.29) is 11.0 Å². The molecule has 7 heteroatoms. The van der Waals surface area contributed by atoms with E-state index in [4.69, 9.17) is 11.6 Å². The van der Waals surface area contributed by atoms with E-state index >= 15 is 0 Å². The average molecular weight is 269 g/mol. The van der Waals surface area contributed by atoms with Gasteiger partial charge in [-0.2, -0.15) is 10.1 Å². The highest BCUT2D eigenvalue weighted by Crippen LogP contribution is 2.31. The zero-order valence-corrected chi connectivity index (χ0v) is 10.0. The van der Waals surface area contributed by atoms with Gasteiger partial charge in [-0.3, -0.25) is 4.99 Å². The molecule has 2 aliphatic heterocycles. The Hall–Kier alpha value is -1.82. The van der Waals surface area contributed by atoms with Gasteiger partial charge in [-0.15, -0.1) is 0 Å². The third kappa shape index (κ3) is 1.60. The molecule has 3 rings (SSSR count). The molecule has 92 valence electrons. The van der Waals surface area contributed by atoms with Crippen LogP contribution in [0.15, 0.2) is 27.2 Å². The first-order chi connectivity index (χ1) is 8.56. The largest absolute Gasteiger partial charge is 0.260 e. The van der Waals surface area contributed by atoms with Gasteiger partial charge in [0.1, 0.15) is 0 Å². The summed E-state index contributed by atoms with van der Waals surface area (Å²) >= 11 is 5.95. The lowest BCUT2D eigenvalue weighted by molar-refractivity contribution is 0.508. The fourth-order valence-corrected chi connectivity index (χ4v) is 2.00. The van der Waals surface area contributed by atoms with E-state index in [1.54, 1.807) is 6.92 Å². The summed E-state index contributed by atoms with van der Waals surface area (Å²) in [5, 5.41) is 5.56. The third-order valence-corrected chi connectivity index (χ3v) is 2.84. The van der Waals surface area contributed by atoms with Crippen molar-refractivity contribution in [2.75, 3.05) is 6.54 Å². The van der Waals surface area contributed by atoms with Gasteiger partial charge in [0.05, 0.1) is 17.9 Å². The minimum atomic E-state index is -0.966. The highest BCUT2D eigenvalue weighted by Gasteiger charge is 2.29. The second-order valence-electron chi connectivity index (χ2n) is 3.95. The van der Waals surface area contributed by atoms with Crippen molar-refractivity contribution < 1.29 is 8.78 Å². The summed E-state index contributed by atoms with van der Waals surface area (Å²) < 4.78 is 26.4. The first kappa shape index (κ1) is 11.3. The van der Waals surface area contributed by atoms with E-state index in [2.05, 4.69) is 15.1 Å². The summed E-state index contributed by atoms with van der Waals surface area (Å²) in [6, 6.07) is 2.05. The van der Waals surface area contributed by atoms with Crippen molar-refractivity contribution in [2.45, 2.75) is 6.92 Å². The topological polar surface area (TPSA) is 40.3 Å². The molecular formula is C11H7ClF2N4. The molecular weight excluding hydrogens is 262 g/mol. The molecule has 0 radical (unpaired) electrons. The lowest BCUT2D eigenvalue weighted by Gasteiger charge is -2.27. The Kier molecular flexibility index (Phi) is 2.41. The number of halogens is 3. The maximum atomic E-state index is 13.3. The van der Waals surface area contributed by atoms with Gasteiger partial charge in [0.2, 0.25) is 5.29 Å². The number of benzene rings is 1. The molecule has 4 nitrogen and oxygen atoms in total. The minimum absolute atomic E-state index is 0.0614. The summed E-state index contributed by atoms with van der Waals surface area (Å²) in [7, 11) is 0. The number of hydrogen-bond acceptors (Lipinski definition) is 4. The van der Waals surface area contributed by atoms with Gasteiger partial charge in [0, 0.05) is 11.6 Å². The molecule has 0 bridgehead atoms. The fourth-order valence-electron chi connectivity index (χ4n) is 1.79.